The Labute approximate surface area is 151 Å². The highest BCUT2D eigenvalue weighted by Crippen LogP contribution is 2.39. The van der Waals surface area contributed by atoms with E-state index in [2.05, 4.69) is 32.7 Å². The second-order valence-corrected chi connectivity index (χ2v) is 6.61. The molecule has 26 heavy (non-hydrogen) atoms. The van der Waals surface area contributed by atoms with E-state index in [0.29, 0.717) is 29.9 Å². The van der Waals surface area contributed by atoms with E-state index in [-0.39, 0.29) is 6.03 Å². The Morgan fingerprint density at radius 2 is 1.96 bits per heavy atom. The first-order valence-electron chi connectivity index (χ1n) is 8.72. The summed E-state index contributed by atoms with van der Waals surface area (Å²) >= 11 is 0. The molecule has 8 nitrogen and oxygen atoms in total. The van der Waals surface area contributed by atoms with Crippen LogP contribution in [0.3, 0.4) is 0 Å². The average molecular weight is 351 g/mol. The van der Waals surface area contributed by atoms with E-state index in [4.69, 9.17) is 0 Å². The summed E-state index contributed by atoms with van der Waals surface area (Å²) in [5, 5.41) is 14.2. The quantitative estimate of drug-likeness (QED) is 0.714. The van der Waals surface area contributed by atoms with Crippen molar-refractivity contribution in [1.82, 2.24) is 24.5 Å². The smallest absolute Gasteiger partial charge is 0.305 e. The van der Waals surface area contributed by atoms with Gasteiger partial charge in [0.15, 0.2) is 0 Å². The third-order valence-electron chi connectivity index (χ3n) is 4.52. The lowest BCUT2D eigenvalue weighted by Crippen LogP contribution is -2.18. The maximum Gasteiger partial charge on any atom is 0.323 e. The number of aromatic nitrogens is 5. The number of carbonyl (C=O) groups is 1. The number of nitrogens with zero attached hydrogens (tertiary/aromatic N) is 5. The number of amides is 2. The molecule has 1 fully saturated rings. The number of hydrogen-bond donors (Lipinski definition) is 2. The Bertz CT molecular complexity index is 882. The first kappa shape index (κ1) is 16.3. The minimum Gasteiger partial charge on any atom is -0.305 e. The Hall–Kier alpha value is -3.16. The predicted octanol–water partition coefficient (Wildman–Crippen LogP) is 3.14. The number of urea groups is 1. The Morgan fingerprint density at radius 1 is 1.19 bits per heavy atom. The molecule has 3 heterocycles. The van der Waals surface area contributed by atoms with E-state index in [1.54, 1.807) is 29.5 Å². The van der Waals surface area contributed by atoms with Crippen molar-refractivity contribution >= 4 is 17.4 Å². The van der Waals surface area contributed by atoms with Gasteiger partial charge in [-0.05, 0) is 37.8 Å². The molecule has 1 aliphatic rings. The molecule has 3 aromatic rings. The Kier molecular flexibility index (Phi) is 4.39. The number of pyridine rings is 1. The van der Waals surface area contributed by atoms with Gasteiger partial charge in [0.2, 0.25) is 0 Å². The average Bonchev–Trinajstić information content (AvgIpc) is 3.24. The monoisotopic (exact) mass is 351 g/mol. The summed E-state index contributed by atoms with van der Waals surface area (Å²) in [5.41, 5.74) is 2.21. The molecule has 1 atom stereocenters. The number of hydrogen-bond acceptors (Lipinski definition) is 4. The van der Waals surface area contributed by atoms with Crippen LogP contribution >= 0.6 is 0 Å². The predicted molar refractivity (Wildman–Crippen MR) is 97.9 cm³/mol. The van der Waals surface area contributed by atoms with Gasteiger partial charge in [0.25, 0.3) is 0 Å². The molecule has 0 aliphatic heterocycles. The fourth-order valence-electron chi connectivity index (χ4n) is 2.89. The molecule has 3 aromatic heterocycles. The molecule has 0 saturated heterocycles. The third-order valence-corrected chi connectivity index (χ3v) is 4.52. The second-order valence-electron chi connectivity index (χ2n) is 6.61. The molecule has 8 heteroatoms. The molecule has 2 N–H and O–H groups in total. The molecule has 0 radical (unpaired) electrons. The summed E-state index contributed by atoms with van der Waals surface area (Å²) < 4.78 is 3.64. The molecule has 134 valence electrons. The summed E-state index contributed by atoms with van der Waals surface area (Å²) in [5.74, 6) is 0.710. The van der Waals surface area contributed by atoms with Crippen LogP contribution in [0.15, 0.2) is 49.2 Å². The summed E-state index contributed by atoms with van der Waals surface area (Å²) in [6.45, 7) is 2.71. The van der Waals surface area contributed by atoms with Crippen LogP contribution < -0.4 is 10.6 Å². The van der Waals surface area contributed by atoms with Gasteiger partial charge in [-0.2, -0.15) is 10.2 Å². The van der Waals surface area contributed by atoms with Crippen LogP contribution in [-0.2, 0) is 6.54 Å². The lowest BCUT2D eigenvalue weighted by Gasteiger charge is -2.09. The second kappa shape index (κ2) is 6.99. The van der Waals surface area contributed by atoms with Crippen LogP contribution in [0.2, 0.25) is 0 Å². The Balaban J connectivity index is 1.32. The molecule has 0 aromatic carbocycles. The minimum atomic E-state index is -0.319. The van der Waals surface area contributed by atoms with Crippen LogP contribution in [0.4, 0.5) is 16.2 Å². The lowest BCUT2D eigenvalue weighted by atomic mass is 10.2. The van der Waals surface area contributed by atoms with Gasteiger partial charge >= 0.3 is 6.03 Å². The van der Waals surface area contributed by atoms with Crippen molar-refractivity contribution in [3.05, 3.63) is 54.9 Å². The summed E-state index contributed by atoms with van der Waals surface area (Å²) in [4.78, 5) is 16.4. The topological polar surface area (TPSA) is 89.7 Å². The van der Waals surface area contributed by atoms with Crippen molar-refractivity contribution in [3.63, 3.8) is 0 Å². The maximum absolute atomic E-state index is 12.2. The molecule has 4 rings (SSSR count). The van der Waals surface area contributed by atoms with Crippen molar-refractivity contribution in [1.29, 1.82) is 0 Å². The van der Waals surface area contributed by atoms with Gasteiger partial charge in [0, 0.05) is 18.6 Å². The van der Waals surface area contributed by atoms with Crippen molar-refractivity contribution in [3.8, 4) is 0 Å². The number of anilines is 2. The zero-order chi connectivity index (χ0) is 17.9. The fourth-order valence-corrected chi connectivity index (χ4v) is 2.89. The Morgan fingerprint density at radius 3 is 2.69 bits per heavy atom. The van der Waals surface area contributed by atoms with Gasteiger partial charge in [-0.3, -0.25) is 14.3 Å². The standard InChI is InChI=1S/C18H21N7O/c1-13(14-5-6-14)25-12-17(9-21-25)23-18(26)22-16-8-20-24(11-16)10-15-4-2-3-7-19-15/h2-4,7-9,11-14H,5-6,10H2,1H3,(H2,22,23,26). The van der Waals surface area contributed by atoms with Gasteiger partial charge < -0.3 is 10.6 Å². The molecule has 0 spiro atoms. The van der Waals surface area contributed by atoms with Gasteiger partial charge in [0.05, 0.1) is 42.0 Å². The van der Waals surface area contributed by atoms with Crippen molar-refractivity contribution in [2.24, 2.45) is 5.92 Å². The van der Waals surface area contributed by atoms with Crippen LogP contribution in [0.25, 0.3) is 0 Å². The largest absolute Gasteiger partial charge is 0.323 e. The fraction of sp³-hybridized carbons (Fsp3) is 0.333. The van der Waals surface area contributed by atoms with Crippen molar-refractivity contribution in [2.75, 3.05) is 10.6 Å². The third kappa shape index (κ3) is 3.90. The van der Waals surface area contributed by atoms with Gasteiger partial charge in [0.1, 0.15) is 0 Å². The molecular formula is C18H21N7O. The SMILES string of the molecule is CC(C1CC1)n1cc(NC(=O)Nc2cnn(Cc3ccccn3)c2)cn1. The minimum absolute atomic E-state index is 0.319. The van der Waals surface area contributed by atoms with Gasteiger partial charge in [-0.1, -0.05) is 6.07 Å². The summed E-state index contributed by atoms with van der Waals surface area (Å²) in [6.07, 6.45) is 11.2. The van der Waals surface area contributed by atoms with Crippen LogP contribution in [-0.4, -0.2) is 30.6 Å². The highest BCUT2D eigenvalue weighted by molar-refractivity contribution is 5.99. The number of rotatable bonds is 6. The van der Waals surface area contributed by atoms with Gasteiger partial charge in [-0.15, -0.1) is 0 Å². The van der Waals surface area contributed by atoms with Crippen LogP contribution in [0, 0.1) is 5.92 Å². The van der Waals surface area contributed by atoms with E-state index in [1.807, 2.05) is 29.1 Å². The number of nitrogens with one attached hydrogen (secondary N) is 2. The molecule has 0 bridgehead atoms. The maximum atomic E-state index is 12.2. The van der Waals surface area contributed by atoms with Crippen molar-refractivity contribution in [2.45, 2.75) is 32.4 Å². The zero-order valence-electron chi connectivity index (χ0n) is 14.5. The molecule has 1 aliphatic carbocycles. The van der Waals surface area contributed by atoms with E-state index < -0.39 is 0 Å². The zero-order valence-corrected chi connectivity index (χ0v) is 14.5. The van der Waals surface area contributed by atoms with Crippen molar-refractivity contribution < 1.29 is 4.79 Å². The number of carbonyl (C=O) groups excluding carboxylic acids is 1. The first-order chi connectivity index (χ1) is 12.7. The normalized spacial score (nSPS) is 14.8. The lowest BCUT2D eigenvalue weighted by molar-refractivity contribution is 0.262. The van der Waals surface area contributed by atoms with E-state index in [9.17, 15) is 4.79 Å². The summed E-state index contributed by atoms with van der Waals surface area (Å²) in [6, 6.07) is 5.79. The molecular weight excluding hydrogens is 330 g/mol. The molecule has 1 saturated carbocycles. The van der Waals surface area contributed by atoms with E-state index in [1.165, 1.54) is 12.8 Å². The van der Waals surface area contributed by atoms with E-state index >= 15 is 0 Å². The molecule has 2 amide bonds. The highest BCUT2D eigenvalue weighted by Gasteiger charge is 2.29. The highest BCUT2D eigenvalue weighted by atomic mass is 16.2. The molecule has 1 unspecified atom stereocenters. The summed E-state index contributed by atoms with van der Waals surface area (Å²) in [7, 11) is 0. The first-order valence-corrected chi connectivity index (χ1v) is 8.72. The van der Waals surface area contributed by atoms with Crippen LogP contribution in [0.1, 0.15) is 31.5 Å². The van der Waals surface area contributed by atoms with Crippen LogP contribution in [0.5, 0.6) is 0 Å². The van der Waals surface area contributed by atoms with E-state index in [0.717, 1.165) is 5.69 Å². The van der Waals surface area contributed by atoms with Gasteiger partial charge in [-0.25, -0.2) is 4.79 Å².